The van der Waals surface area contributed by atoms with Crippen LogP contribution < -0.4 is 10.4 Å². The van der Waals surface area contributed by atoms with Gasteiger partial charge in [0.15, 0.2) is 5.16 Å². The fourth-order valence-electron chi connectivity index (χ4n) is 2.10. The van der Waals surface area contributed by atoms with Gasteiger partial charge < -0.3 is 4.74 Å². The molecule has 1 N–H and O–H groups in total. The number of aryl methyl sites for hydroxylation is 2. The Hall–Kier alpha value is -1.69. The van der Waals surface area contributed by atoms with Gasteiger partial charge in [0.05, 0.1) is 6.61 Å². The van der Waals surface area contributed by atoms with Crippen LogP contribution in [-0.2, 0) is 6.54 Å². The summed E-state index contributed by atoms with van der Waals surface area (Å²) in [5.74, 6) is 1.83. The number of aromatic amines is 1. The number of aromatic nitrogens is 3. The normalized spacial score (nSPS) is 10.9. The Labute approximate surface area is 135 Å². The number of hydrogen-bond acceptors (Lipinski definition) is 4. The van der Waals surface area contributed by atoms with Gasteiger partial charge in [0.2, 0.25) is 0 Å². The molecule has 1 heterocycles. The first-order valence-electron chi connectivity index (χ1n) is 7.60. The number of rotatable bonds is 8. The zero-order chi connectivity index (χ0) is 15.9. The number of hydrogen-bond donors (Lipinski definition) is 1. The average molecular weight is 321 g/mol. The number of nitrogens with one attached hydrogen (secondary N) is 1. The molecule has 0 radical (unpaired) electrons. The Morgan fingerprint density at radius 1 is 1.36 bits per heavy atom. The highest BCUT2D eigenvalue weighted by Crippen LogP contribution is 2.20. The number of nitrogens with zero attached hydrogens (tertiary/aromatic N) is 2. The molecule has 0 saturated heterocycles. The molecule has 5 nitrogen and oxygen atoms in total. The molecule has 2 rings (SSSR count). The van der Waals surface area contributed by atoms with Crippen LogP contribution in [0.1, 0.15) is 30.9 Å². The van der Waals surface area contributed by atoms with Crippen LogP contribution in [0.4, 0.5) is 0 Å². The van der Waals surface area contributed by atoms with Crippen LogP contribution in [0, 0.1) is 13.8 Å². The van der Waals surface area contributed by atoms with Crippen molar-refractivity contribution in [3.63, 3.8) is 0 Å². The van der Waals surface area contributed by atoms with E-state index in [-0.39, 0.29) is 5.69 Å². The Morgan fingerprint density at radius 2 is 2.18 bits per heavy atom. The summed E-state index contributed by atoms with van der Waals surface area (Å²) in [5, 5.41) is 7.33. The monoisotopic (exact) mass is 321 g/mol. The lowest BCUT2D eigenvalue weighted by atomic mass is 10.1. The van der Waals surface area contributed by atoms with Crippen molar-refractivity contribution in [1.29, 1.82) is 0 Å². The summed E-state index contributed by atoms with van der Waals surface area (Å²) in [6.45, 7) is 7.53. The molecular weight excluding hydrogens is 298 g/mol. The standard InChI is InChI=1S/C16H23N3O2S/c1-4-8-19-15(20)17-18-16(19)22-10-5-9-21-14-11-12(2)6-7-13(14)3/h6-7,11H,4-5,8-10H2,1-3H3,(H,17,20). The fourth-order valence-corrected chi connectivity index (χ4v) is 2.99. The van der Waals surface area contributed by atoms with Gasteiger partial charge in [0.25, 0.3) is 0 Å². The Morgan fingerprint density at radius 3 is 2.95 bits per heavy atom. The molecule has 0 bridgehead atoms. The van der Waals surface area contributed by atoms with Crippen LogP contribution in [0.25, 0.3) is 0 Å². The lowest BCUT2D eigenvalue weighted by Crippen LogP contribution is -2.17. The minimum Gasteiger partial charge on any atom is -0.493 e. The summed E-state index contributed by atoms with van der Waals surface area (Å²) in [5.41, 5.74) is 2.23. The average Bonchev–Trinajstić information content (AvgIpc) is 2.84. The molecule has 1 aromatic heterocycles. The van der Waals surface area contributed by atoms with Gasteiger partial charge in [-0.25, -0.2) is 9.89 Å². The Bertz CT molecular complexity index is 664. The van der Waals surface area contributed by atoms with E-state index in [4.69, 9.17) is 4.74 Å². The van der Waals surface area contributed by atoms with E-state index in [9.17, 15) is 4.79 Å². The maximum absolute atomic E-state index is 11.6. The van der Waals surface area contributed by atoms with Crippen molar-refractivity contribution >= 4 is 11.8 Å². The first-order valence-corrected chi connectivity index (χ1v) is 8.58. The van der Waals surface area contributed by atoms with Crippen LogP contribution >= 0.6 is 11.8 Å². The molecular formula is C16H23N3O2S. The van der Waals surface area contributed by atoms with Gasteiger partial charge in [-0.2, -0.15) is 0 Å². The lowest BCUT2D eigenvalue weighted by Gasteiger charge is -2.09. The van der Waals surface area contributed by atoms with E-state index >= 15 is 0 Å². The highest BCUT2D eigenvalue weighted by atomic mass is 32.2. The smallest absolute Gasteiger partial charge is 0.343 e. The van der Waals surface area contributed by atoms with Crippen molar-refractivity contribution in [3.8, 4) is 5.75 Å². The summed E-state index contributed by atoms with van der Waals surface area (Å²) in [4.78, 5) is 11.6. The summed E-state index contributed by atoms with van der Waals surface area (Å²) >= 11 is 1.59. The van der Waals surface area contributed by atoms with E-state index < -0.39 is 0 Å². The number of benzene rings is 1. The van der Waals surface area contributed by atoms with E-state index in [1.165, 1.54) is 5.56 Å². The van der Waals surface area contributed by atoms with E-state index in [0.717, 1.165) is 35.1 Å². The van der Waals surface area contributed by atoms with Gasteiger partial charge in [-0.05, 0) is 43.9 Å². The molecule has 0 atom stereocenters. The van der Waals surface area contributed by atoms with Crippen molar-refractivity contribution in [3.05, 3.63) is 39.8 Å². The number of ether oxygens (including phenoxy) is 1. The minimum atomic E-state index is -0.129. The van der Waals surface area contributed by atoms with Crippen LogP contribution in [-0.4, -0.2) is 27.1 Å². The van der Waals surface area contributed by atoms with Gasteiger partial charge in [-0.3, -0.25) is 4.57 Å². The molecule has 0 unspecified atom stereocenters. The molecule has 0 aliphatic heterocycles. The second-order valence-corrected chi connectivity index (χ2v) is 6.34. The third kappa shape index (κ3) is 4.40. The van der Waals surface area contributed by atoms with Gasteiger partial charge in [-0.15, -0.1) is 5.10 Å². The second kappa shape index (κ2) is 8.08. The predicted molar refractivity (Wildman–Crippen MR) is 89.9 cm³/mol. The van der Waals surface area contributed by atoms with E-state index in [0.29, 0.717) is 13.2 Å². The van der Waals surface area contributed by atoms with E-state index in [1.54, 1.807) is 16.3 Å². The van der Waals surface area contributed by atoms with Crippen molar-refractivity contribution in [2.24, 2.45) is 0 Å². The van der Waals surface area contributed by atoms with Crippen LogP contribution in [0.3, 0.4) is 0 Å². The second-order valence-electron chi connectivity index (χ2n) is 5.28. The summed E-state index contributed by atoms with van der Waals surface area (Å²) in [6.07, 6.45) is 1.83. The highest BCUT2D eigenvalue weighted by Gasteiger charge is 2.07. The molecule has 0 spiro atoms. The van der Waals surface area contributed by atoms with Crippen molar-refractivity contribution in [1.82, 2.24) is 14.8 Å². The quantitative estimate of drug-likeness (QED) is 0.599. The van der Waals surface area contributed by atoms with E-state index in [1.807, 2.05) is 6.92 Å². The summed E-state index contributed by atoms with van der Waals surface area (Å²) < 4.78 is 7.52. The van der Waals surface area contributed by atoms with Crippen molar-refractivity contribution in [2.75, 3.05) is 12.4 Å². The number of thioether (sulfide) groups is 1. The zero-order valence-corrected chi connectivity index (χ0v) is 14.2. The lowest BCUT2D eigenvalue weighted by molar-refractivity contribution is 0.316. The molecule has 1 aromatic carbocycles. The maximum Gasteiger partial charge on any atom is 0.343 e. The third-order valence-corrected chi connectivity index (χ3v) is 4.35. The molecule has 0 aliphatic rings. The topological polar surface area (TPSA) is 59.9 Å². The van der Waals surface area contributed by atoms with Gasteiger partial charge >= 0.3 is 5.69 Å². The molecule has 120 valence electrons. The molecule has 0 aliphatic carbocycles. The van der Waals surface area contributed by atoms with Crippen molar-refractivity contribution in [2.45, 2.75) is 45.3 Å². The van der Waals surface area contributed by atoms with Crippen LogP contribution in [0.15, 0.2) is 28.2 Å². The summed E-state index contributed by atoms with van der Waals surface area (Å²) in [7, 11) is 0. The van der Waals surface area contributed by atoms with Gasteiger partial charge in [0.1, 0.15) is 5.75 Å². The molecule has 0 amide bonds. The van der Waals surface area contributed by atoms with Crippen LogP contribution in [0.2, 0.25) is 0 Å². The molecule has 0 fully saturated rings. The van der Waals surface area contributed by atoms with E-state index in [2.05, 4.69) is 42.2 Å². The maximum atomic E-state index is 11.6. The largest absolute Gasteiger partial charge is 0.493 e. The highest BCUT2D eigenvalue weighted by molar-refractivity contribution is 7.99. The first-order chi connectivity index (χ1) is 10.6. The minimum absolute atomic E-state index is 0.129. The molecule has 22 heavy (non-hydrogen) atoms. The number of H-pyrrole nitrogens is 1. The SMILES string of the molecule is CCCn1c(SCCCOc2cc(C)ccc2C)n[nH]c1=O. The third-order valence-electron chi connectivity index (χ3n) is 3.29. The molecule has 0 saturated carbocycles. The van der Waals surface area contributed by atoms with Gasteiger partial charge in [0, 0.05) is 12.3 Å². The summed E-state index contributed by atoms with van der Waals surface area (Å²) in [6, 6.07) is 6.23. The Balaban J connectivity index is 1.78. The zero-order valence-electron chi connectivity index (χ0n) is 13.4. The molecule has 6 heteroatoms. The fraction of sp³-hybridized carbons (Fsp3) is 0.500. The predicted octanol–water partition coefficient (Wildman–Crippen LogP) is 3.16. The molecule has 2 aromatic rings. The first kappa shape index (κ1) is 16.7. The van der Waals surface area contributed by atoms with Gasteiger partial charge in [-0.1, -0.05) is 30.8 Å². The Kier molecular flexibility index (Phi) is 6.12. The van der Waals surface area contributed by atoms with Crippen LogP contribution in [0.5, 0.6) is 5.75 Å². The van der Waals surface area contributed by atoms with Crippen molar-refractivity contribution < 1.29 is 4.74 Å².